The van der Waals surface area contributed by atoms with Gasteiger partial charge >= 0.3 is 0 Å². The van der Waals surface area contributed by atoms with E-state index in [-0.39, 0.29) is 18.3 Å². The third-order valence-corrected chi connectivity index (χ3v) is 7.07. The molecule has 0 aliphatic carbocycles. The number of ketones is 1. The number of methoxy groups -OCH3 is 1. The molecule has 0 N–H and O–H groups in total. The molecule has 3 aromatic rings. The van der Waals surface area contributed by atoms with Crippen LogP contribution < -0.4 is 18.9 Å². The number of carbonyl (C=O) groups excluding carboxylic acids is 1. The Labute approximate surface area is 220 Å². The average molecular weight is 520 g/mol. The van der Waals surface area contributed by atoms with E-state index in [0.29, 0.717) is 47.5 Å². The summed E-state index contributed by atoms with van der Waals surface area (Å²) < 4.78 is 28.6. The predicted molar refractivity (Wildman–Crippen MR) is 138 cm³/mol. The topological polar surface area (TPSA) is 66.5 Å². The molecule has 0 spiro atoms. The van der Waals surface area contributed by atoms with Crippen molar-refractivity contribution in [2.45, 2.75) is 26.5 Å². The van der Waals surface area contributed by atoms with Gasteiger partial charge in [0.05, 0.1) is 24.8 Å². The number of fused-ring (bicyclic) bond motifs is 4. The molecule has 37 heavy (non-hydrogen) atoms. The van der Waals surface area contributed by atoms with Gasteiger partial charge in [0.2, 0.25) is 5.78 Å². The van der Waals surface area contributed by atoms with Crippen molar-refractivity contribution >= 4 is 23.5 Å². The number of aryl methyl sites for hydroxylation is 1. The van der Waals surface area contributed by atoms with E-state index in [0.717, 1.165) is 41.2 Å². The molecule has 0 saturated heterocycles. The number of hydrogen-bond acceptors (Lipinski definition) is 7. The number of benzene rings is 3. The minimum absolute atomic E-state index is 0.149. The van der Waals surface area contributed by atoms with Crippen LogP contribution >= 0.6 is 11.6 Å². The molecule has 0 saturated carbocycles. The summed E-state index contributed by atoms with van der Waals surface area (Å²) in [6.07, 6.45) is 2.57. The number of allylic oxidation sites excluding steroid dienone is 1. The maximum Gasteiger partial charge on any atom is 0.232 e. The average Bonchev–Trinajstić information content (AvgIpc) is 3.24. The van der Waals surface area contributed by atoms with Gasteiger partial charge in [-0.1, -0.05) is 23.7 Å². The number of hydrogen-bond donors (Lipinski definition) is 0. The highest BCUT2D eigenvalue weighted by atomic mass is 35.5. The minimum atomic E-state index is -0.161. The lowest BCUT2D eigenvalue weighted by atomic mass is 9.98. The highest BCUT2D eigenvalue weighted by Gasteiger charge is 2.35. The minimum Gasteiger partial charge on any atom is -0.497 e. The molecule has 0 unspecified atom stereocenters. The summed E-state index contributed by atoms with van der Waals surface area (Å²) in [7, 11) is 1.66. The van der Waals surface area contributed by atoms with E-state index in [9.17, 15) is 4.79 Å². The first-order chi connectivity index (χ1) is 18.0. The largest absolute Gasteiger partial charge is 0.497 e. The molecule has 0 aromatic heterocycles. The first-order valence-electron chi connectivity index (χ1n) is 12.1. The number of nitrogens with zero attached hydrogens (tertiary/aromatic N) is 1. The van der Waals surface area contributed by atoms with Crippen molar-refractivity contribution in [1.29, 1.82) is 0 Å². The molecule has 0 bridgehead atoms. The quantitative estimate of drug-likeness (QED) is 0.410. The summed E-state index contributed by atoms with van der Waals surface area (Å²) in [6.45, 7) is 4.37. The number of Topliss-reactive ketones (excluding diaryl/α,β-unsaturated/α-hetero) is 1. The first kappa shape index (κ1) is 23.9. The van der Waals surface area contributed by atoms with Crippen LogP contribution in [-0.4, -0.2) is 37.9 Å². The van der Waals surface area contributed by atoms with Gasteiger partial charge in [-0.3, -0.25) is 9.69 Å². The lowest BCUT2D eigenvalue weighted by Crippen LogP contribution is -2.33. The molecule has 0 atom stereocenters. The molecule has 7 nitrogen and oxygen atoms in total. The standard InChI is InChI=1S/C29H26ClNO6/c1-17-9-24-23(13-31(15-35-24)8-7-18-3-5-22(33-2)6-4-18)29-26(17)27(32)25(37-29)12-19-10-21(30)11-20-14-34-16-36-28(19)20/h3-6,9-12H,7-8,13-16H2,1-2H3/b25-12+. The summed E-state index contributed by atoms with van der Waals surface area (Å²) in [5.74, 6) is 2.90. The van der Waals surface area contributed by atoms with Crippen LogP contribution in [0.3, 0.4) is 0 Å². The lowest BCUT2D eigenvalue weighted by Gasteiger charge is -2.30. The maximum absolute atomic E-state index is 13.4. The number of halogens is 1. The first-order valence-corrected chi connectivity index (χ1v) is 12.5. The molecular formula is C29H26ClNO6. The second-order valence-electron chi connectivity index (χ2n) is 9.33. The summed E-state index contributed by atoms with van der Waals surface area (Å²) in [4.78, 5) is 15.7. The Morgan fingerprint density at radius 2 is 1.95 bits per heavy atom. The Kier molecular flexibility index (Phi) is 6.28. The van der Waals surface area contributed by atoms with Crippen LogP contribution in [0.4, 0.5) is 0 Å². The van der Waals surface area contributed by atoms with Crippen LogP contribution in [0, 0.1) is 6.92 Å². The smallest absolute Gasteiger partial charge is 0.232 e. The monoisotopic (exact) mass is 519 g/mol. The molecule has 8 heteroatoms. The normalized spacial score (nSPS) is 17.4. The van der Waals surface area contributed by atoms with Gasteiger partial charge in [0, 0.05) is 29.2 Å². The molecular weight excluding hydrogens is 494 g/mol. The summed E-state index contributed by atoms with van der Waals surface area (Å²) in [6, 6.07) is 13.6. The Bertz CT molecular complexity index is 1420. The van der Waals surface area contributed by atoms with Gasteiger partial charge in [-0.25, -0.2) is 0 Å². The fraction of sp³-hybridized carbons (Fsp3) is 0.276. The van der Waals surface area contributed by atoms with Crippen LogP contribution in [0.1, 0.15) is 38.2 Å². The van der Waals surface area contributed by atoms with Gasteiger partial charge in [0.1, 0.15) is 29.7 Å². The van der Waals surface area contributed by atoms with Crippen molar-refractivity contribution in [3.8, 4) is 23.0 Å². The maximum atomic E-state index is 13.4. The van der Waals surface area contributed by atoms with Gasteiger partial charge in [0.25, 0.3) is 0 Å². The molecule has 6 rings (SSSR count). The van der Waals surface area contributed by atoms with E-state index in [1.54, 1.807) is 19.3 Å². The van der Waals surface area contributed by atoms with Gasteiger partial charge in [-0.15, -0.1) is 0 Å². The summed E-state index contributed by atoms with van der Waals surface area (Å²) in [5.41, 5.74) is 5.03. The van der Waals surface area contributed by atoms with E-state index in [1.165, 1.54) is 5.56 Å². The van der Waals surface area contributed by atoms with Crippen LogP contribution in [0.15, 0.2) is 48.2 Å². The predicted octanol–water partition coefficient (Wildman–Crippen LogP) is 5.53. The Balaban J connectivity index is 1.26. The Morgan fingerprint density at radius 3 is 2.76 bits per heavy atom. The van der Waals surface area contributed by atoms with Crippen molar-refractivity contribution in [2.75, 3.05) is 27.2 Å². The van der Waals surface area contributed by atoms with Crippen LogP contribution in [0.25, 0.3) is 6.08 Å². The van der Waals surface area contributed by atoms with Crippen molar-refractivity contribution in [3.05, 3.63) is 86.6 Å². The fourth-order valence-electron chi connectivity index (χ4n) is 4.96. The van der Waals surface area contributed by atoms with Gasteiger partial charge in [0.15, 0.2) is 12.6 Å². The molecule has 0 radical (unpaired) electrons. The summed E-state index contributed by atoms with van der Waals surface area (Å²) >= 11 is 6.32. The van der Waals surface area contributed by atoms with E-state index in [2.05, 4.69) is 17.0 Å². The number of carbonyl (C=O) groups is 1. The zero-order chi connectivity index (χ0) is 25.5. The Morgan fingerprint density at radius 1 is 1.11 bits per heavy atom. The number of rotatable bonds is 5. The van der Waals surface area contributed by atoms with Crippen molar-refractivity contribution in [3.63, 3.8) is 0 Å². The Hall–Kier alpha value is -3.52. The van der Waals surface area contributed by atoms with Crippen LogP contribution in [0.2, 0.25) is 5.02 Å². The molecule has 0 fully saturated rings. The SMILES string of the molecule is COc1ccc(CCN2COc3cc(C)c4c(c3C2)O/C(=C/c2cc(Cl)cc3c2OCOC3)C4=O)cc1. The number of ether oxygens (including phenoxy) is 5. The zero-order valence-electron chi connectivity index (χ0n) is 20.6. The van der Waals surface area contributed by atoms with Crippen molar-refractivity contribution in [2.24, 2.45) is 0 Å². The van der Waals surface area contributed by atoms with Gasteiger partial charge in [-0.05, 0) is 60.9 Å². The van der Waals surface area contributed by atoms with E-state index < -0.39 is 0 Å². The molecule has 190 valence electrons. The van der Waals surface area contributed by atoms with Crippen LogP contribution in [-0.2, 0) is 24.3 Å². The van der Waals surface area contributed by atoms with E-state index >= 15 is 0 Å². The lowest BCUT2D eigenvalue weighted by molar-refractivity contribution is -0.0165. The van der Waals surface area contributed by atoms with E-state index in [1.807, 2.05) is 31.2 Å². The second-order valence-corrected chi connectivity index (χ2v) is 9.77. The van der Waals surface area contributed by atoms with Crippen LogP contribution in [0.5, 0.6) is 23.0 Å². The molecule has 3 aliphatic heterocycles. The molecule has 3 aliphatic rings. The molecule has 0 amide bonds. The third kappa shape index (κ3) is 4.55. The van der Waals surface area contributed by atoms with Crippen molar-refractivity contribution < 1.29 is 28.5 Å². The fourth-order valence-corrected chi connectivity index (χ4v) is 5.21. The van der Waals surface area contributed by atoms with E-state index in [4.69, 9.17) is 35.3 Å². The highest BCUT2D eigenvalue weighted by Crippen LogP contribution is 2.44. The van der Waals surface area contributed by atoms with Gasteiger partial charge < -0.3 is 23.7 Å². The highest BCUT2D eigenvalue weighted by molar-refractivity contribution is 6.31. The second kappa shape index (κ2) is 9.74. The summed E-state index contributed by atoms with van der Waals surface area (Å²) in [5, 5.41) is 0.539. The molecule has 3 aromatic carbocycles. The van der Waals surface area contributed by atoms with Gasteiger partial charge in [-0.2, -0.15) is 0 Å². The van der Waals surface area contributed by atoms with Crippen molar-refractivity contribution in [1.82, 2.24) is 4.90 Å². The third-order valence-electron chi connectivity index (χ3n) is 6.85. The molecule has 3 heterocycles. The zero-order valence-corrected chi connectivity index (χ0v) is 21.4.